The number of halogens is 3. The van der Waals surface area contributed by atoms with Gasteiger partial charge >= 0.3 is 0 Å². The molecule has 4 aromatic rings. The van der Waals surface area contributed by atoms with Crippen LogP contribution >= 0.6 is 56.8 Å². The van der Waals surface area contributed by atoms with E-state index in [1.54, 1.807) is 6.21 Å². The van der Waals surface area contributed by atoms with E-state index < -0.39 is 11.8 Å². The summed E-state index contributed by atoms with van der Waals surface area (Å²) in [5, 5.41) is 6.26. The summed E-state index contributed by atoms with van der Waals surface area (Å²) in [7, 11) is 0. The van der Waals surface area contributed by atoms with Crippen LogP contribution in [0, 0.1) is 19.0 Å². The number of hydrogen-bond acceptors (Lipinski definition) is 4. The number of nitrogens with zero attached hydrogens (tertiary/aromatic N) is 2. The van der Waals surface area contributed by atoms with Crippen LogP contribution < -0.4 is 4.74 Å². The predicted octanol–water partition coefficient (Wildman–Crippen LogP) is 7.35. The van der Waals surface area contributed by atoms with Gasteiger partial charge in [0.2, 0.25) is 0 Å². The number of hydrazone groups is 1. The molecule has 8 rings (SSSR count). The van der Waals surface area contributed by atoms with Gasteiger partial charge in [-0.25, -0.2) is 0 Å². The molecule has 0 spiro atoms. The molecule has 0 radical (unpaired) electrons. The minimum Gasteiger partial charge on any atom is -0.487 e. The largest absolute Gasteiger partial charge is 0.487 e. The lowest BCUT2D eigenvalue weighted by Gasteiger charge is -2.45. The zero-order valence-corrected chi connectivity index (χ0v) is 26.0. The van der Waals surface area contributed by atoms with Gasteiger partial charge in [-0.1, -0.05) is 72.3 Å². The topological polar surface area (TPSA) is 59.0 Å². The van der Waals surface area contributed by atoms with Crippen molar-refractivity contribution in [2.75, 3.05) is 0 Å². The van der Waals surface area contributed by atoms with Crippen molar-refractivity contribution in [3.63, 3.8) is 0 Å². The summed E-state index contributed by atoms with van der Waals surface area (Å²) in [5.41, 5.74) is 6.41. The second kappa shape index (κ2) is 10.3. The zero-order chi connectivity index (χ0) is 27.5. The van der Waals surface area contributed by atoms with Crippen molar-refractivity contribution in [2.24, 2.45) is 16.9 Å². The molecule has 1 saturated heterocycles. The molecule has 1 heterocycles. The Morgan fingerprint density at radius 2 is 1.25 bits per heavy atom. The fraction of sp³-hybridized carbons (Fsp3) is 0.156. The number of rotatable bonds is 5. The van der Waals surface area contributed by atoms with Gasteiger partial charge in [0.25, 0.3) is 11.8 Å². The van der Waals surface area contributed by atoms with Crippen molar-refractivity contribution < 1.29 is 14.3 Å². The molecular weight excluding hydrogens is 750 g/mol. The highest BCUT2D eigenvalue weighted by Gasteiger charge is 2.61. The van der Waals surface area contributed by atoms with Crippen molar-refractivity contribution in [3.05, 3.63) is 130 Å². The summed E-state index contributed by atoms with van der Waals surface area (Å²) in [6, 6.07) is 27.9. The van der Waals surface area contributed by atoms with Crippen LogP contribution in [0.5, 0.6) is 5.75 Å². The molecule has 2 bridgehead atoms. The molecule has 1 fully saturated rings. The fourth-order valence-corrected chi connectivity index (χ4v) is 8.68. The van der Waals surface area contributed by atoms with Gasteiger partial charge in [-0.3, -0.25) is 9.59 Å². The van der Waals surface area contributed by atoms with Crippen molar-refractivity contribution in [2.45, 2.75) is 18.4 Å². The molecule has 0 saturated carbocycles. The lowest BCUT2D eigenvalue weighted by molar-refractivity contribution is -0.139. The van der Waals surface area contributed by atoms with Crippen LogP contribution in [-0.4, -0.2) is 23.0 Å². The van der Waals surface area contributed by atoms with Crippen LogP contribution in [0.2, 0.25) is 5.02 Å². The maximum atomic E-state index is 13.8. The Morgan fingerprint density at radius 3 is 1.73 bits per heavy atom. The van der Waals surface area contributed by atoms with Gasteiger partial charge in [-0.15, -0.1) is 0 Å². The van der Waals surface area contributed by atoms with E-state index in [0.717, 1.165) is 51.3 Å². The Balaban J connectivity index is 1.16. The minimum atomic E-state index is -0.441. The third kappa shape index (κ3) is 4.19. The smallest absolute Gasteiger partial charge is 0.254 e. The van der Waals surface area contributed by atoms with Gasteiger partial charge in [0.1, 0.15) is 12.4 Å². The highest BCUT2D eigenvalue weighted by atomic mass is 127. The molecule has 2 amide bonds. The van der Waals surface area contributed by atoms with E-state index in [1.807, 2.05) is 60.7 Å². The Labute approximate surface area is 263 Å². The Morgan fingerprint density at radius 1 is 0.775 bits per heavy atom. The Hall–Kier alpha value is -2.76. The van der Waals surface area contributed by atoms with E-state index in [-0.39, 0.29) is 23.7 Å². The van der Waals surface area contributed by atoms with Gasteiger partial charge in [-0.05, 0) is 103 Å². The van der Waals surface area contributed by atoms with E-state index >= 15 is 0 Å². The normalized spacial score (nSPS) is 22.4. The second-order valence-electron chi connectivity index (χ2n) is 10.2. The molecule has 40 heavy (non-hydrogen) atoms. The monoisotopic (exact) mass is 770 g/mol. The molecule has 198 valence electrons. The lowest BCUT2D eigenvalue weighted by atomic mass is 9.55. The fourth-order valence-electron chi connectivity index (χ4n) is 6.43. The maximum absolute atomic E-state index is 13.8. The van der Waals surface area contributed by atoms with E-state index in [0.29, 0.717) is 11.6 Å². The number of carbonyl (C=O) groups excluding carboxylic acids is 2. The minimum absolute atomic E-state index is 0.141. The molecular formula is C32H21ClI2N2O3. The van der Waals surface area contributed by atoms with Crippen molar-refractivity contribution >= 4 is 74.8 Å². The van der Waals surface area contributed by atoms with Gasteiger partial charge < -0.3 is 4.74 Å². The Kier molecular flexibility index (Phi) is 6.71. The summed E-state index contributed by atoms with van der Waals surface area (Å²) in [6.07, 6.45) is 1.60. The molecule has 2 atom stereocenters. The number of benzene rings is 4. The quantitative estimate of drug-likeness (QED) is 0.121. The average Bonchev–Trinajstić information content (AvgIpc) is 3.22. The van der Waals surface area contributed by atoms with Crippen LogP contribution in [0.1, 0.15) is 45.2 Å². The number of ether oxygens (including phenoxy) is 1. The lowest BCUT2D eigenvalue weighted by Crippen LogP contribution is -2.41. The van der Waals surface area contributed by atoms with Crippen LogP contribution in [-0.2, 0) is 16.2 Å². The second-order valence-corrected chi connectivity index (χ2v) is 13.0. The first-order chi connectivity index (χ1) is 19.4. The van der Waals surface area contributed by atoms with Gasteiger partial charge in [-0.2, -0.15) is 10.1 Å². The SMILES string of the molecule is O=C1[C@H]2C3c4ccccc4C(c4ccccc43)[C@@H]2C(=O)N1/N=C\c1cc(I)c(OCc2ccc(Cl)cc2)c(I)c1. The zero-order valence-electron chi connectivity index (χ0n) is 20.9. The van der Waals surface area contributed by atoms with Crippen LogP contribution in [0.15, 0.2) is 90.0 Å². The Bertz CT molecular complexity index is 1580. The molecule has 0 unspecified atom stereocenters. The molecule has 8 heteroatoms. The first-order valence-corrected chi connectivity index (χ1v) is 15.4. The third-order valence-electron chi connectivity index (χ3n) is 8.06. The summed E-state index contributed by atoms with van der Waals surface area (Å²) < 4.78 is 7.92. The standard InChI is InChI=1S/C32H21ClI2N2O3/c33-19-11-9-17(10-12-19)16-40-30-24(34)13-18(14-25(30)35)15-36-37-31(38)28-26-20-5-1-2-6-21(20)27(29(28)32(37)39)23-8-4-3-7-22(23)26/h1-15,26-29H,16H2/b36-15-/t26?,27?,28-,29-/m0/s1. The number of hydrogen-bond donors (Lipinski definition) is 0. The summed E-state index contributed by atoms with van der Waals surface area (Å²) in [4.78, 5) is 27.5. The van der Waals surface area contributed by atoms with Crippen LogP contribution in [0.3, 0.4) is 0 Å². The third-order valence-corrected chi connectivity index (χ3v) is 9.92. The molecule has 0 aromatic heterocycles. The summed E-state index contributed by atoms with van der Waals surface area (Å²) in [6.45, 7) is 0.420. The molecule has 3 aliphatic carbocycles. The number of carbonyl (C=O) groups is 2. The highest BCUT2D eigenvalue weighted by Crippen LogP contribution is 2.60. The average molecular weight is 771 g/mol. The summed E-state index contributed by atoms with van der Waals surface area (Å²) >= 11 is 10.5. The molecule has 5 nitrogen and oxygen atoms in total. The first kappa shape index (κ1) is 26.2. The number of imide groups is 1. The van der Waals surface area contributed by atoms with Crippen LogP contribution in [0.25, 0.3) is 0 Å². The van der Waals surface area contributed by atoms with Gasteiger partial charge in [0, 0.05) is 16.9 Å². The van der Waals surface area contributed by atoms with E-state index in [9.17, 15) is 9.59 Å². The first-order valence-electron chi connectivity index (χ1n) is 12.9. The number of amides is 2. The molecule has 4 aliphatic rings. The maximum Gasteiger partial charge on any atom is 0.254 e. The molecule has 1 aliphatic heterocycles. The predicted molar refractivity (Wildman–Crippen MR) is 171 cm³/mol. The van der Waals surface area contributed by atoms with Crippen LogP contribution in [0.4, 0.5) is 0 Å². The van der Waals surface area contributed by atoms with Crippen molar-refractivity contribution in [1.29, 1.82) is 0 Å². The van der Waals surface area contributed by atoms with E-state index in [2.05, 4.69) is 74.5 Å². The van der Waals surface area contributed by atoms with Crippen molar-refractivity contribution in [1.82, 2.24) is 5.01 Å². The van der Waals surface area contributed by atoms with Gasteiger partial charge in [0.05, 0.1) is 25.2 Å². The van der Waals surface area contributed by atoms with Gasteiger partial charge in [0.15, 0.2) is 0 Å². The van der Waals surface area contributed by atoms with E-state index in [4.69, 9.17) is 16.3 Å². The highest BCUT2D eigenvalue weighted by molar-refractivity contribution is 14.1. The molecule has 4 aromatic carbocycles. The van der Waals surface area contributed by atoms with E-state index in [1.165, 1.54) is 0 Å². The van der Waals surface area contributed by atoms with Crippen molar-refractivity contribution in [3.8, 4) is 5.75 Å². The summed E-state index contributed by atoms with van der Waals surface area (Å²) in [5.74, 6) is -0.836. The molecule has 0 N–H and O–H groups in total.